The zero-order valence-corrected chi connectivity index (χ0v) is 12.9. The molecule has 0 fully saturated rings. The highest BCUT2D eigenvalue weighted by Crippen LogP contribution is 2.33. The molecule has 1 aromatic carbocycles. The summed E-state index contributed by atoms with van der Waals surface area (Å²) in [5.74, 6) is 1.15. The fourth-order valence-electron chi connectivity index (χ4n) is 1.74. The molecule has 0 spiro atoms. The monoisotopic (exact) mass is 340 g/mol. The van der Waals surface area contributed by atoms with Crippen molar-refractivity contribution in [2.75, 3.05) is 24.8 Å². The van der Waals surface area contributed by atoms with Gasteiger partial charge in [0, 0.05) is 12.7 Å². The van der Waals surface area contributed by atoms with Crippen LogP contribution in [0.15, 0.2) is 22.9 Å². The van der Waals surface area contributed by atoms with E-state index in [0.29, 0.717) is 27.5 Å². The van der Waals surface area contributed by atoms with Crippen LogP contribution in [-0.4, -0.2) is 24.1 Å². The van der Waals surface area contributed by atoms with Crippen molar-refractivity contribution in [1.82, 2.24) is 9.97 Å². The normalized spacial score (nSPS) is 10.2. The van der Waals surface area contributed by atoms with Gasteiger partial charge in [0.25, 0.3) is 0 Å². The van der Waals surface area contributed by atoms with Gasteiger partial charge in [0.2, 0.25) is 5.75 Å². The first-order valence-electron chi connectivity index (χ1n) is 5.86. The molecule has 7 heteroatoms. The second kappa shape index (κ2) is 6.04. The van der Waals surface area contributed by atoms with Crippen molar-refractivity contribution in [3.05, 3.63) is 34.3 Å². The molecule has 0 saturated carbocycles. The topological polar surface area (TPSA) is 59.1 Å². The standard InChI is InChI=1S/C13H14BrFN4O/c1-7-4-8(14)9(15)5-10(7)19-13-11(20-3)12(16-2)17-6-18-13/h4-6H,1-3H3,(H2,16,17,18,19). The predicted octanol–water partition coefficient (Wildman–Crippen LogP) is 3.48. The lowest BCUT2D eigenvalue weighted by Gasteiger charge is -2.14. The Balaban J connectivity index is 2.42. The molecular formula is C13H14BrFN4O. The molecule has 0 unspecified atom stereocenters. The van der Waals surface area contributed by atoms with Crippen LogP contribution in [-0.2, 0) is 0 Å². The van der Waals surface area contributed by atoms with Gasteiger partial charge in [0.1, 0.15) is 12.1 Å². The first kappa shape index (κ1) is 14.5. The van der Waals surface area contributed by atoms with Crippen LogP contribution in [0, 0.1) is 12.7 Å². The van der Waals surface area contributed by atoms with Crippen molar-refractivity contribution < 1.29 is 9.13 Å². The van der Waals surface area contributed by atoms with Crippen LogP contribution in [0.4, 0.5) is 21.7 Å². The van der Waals surface area contributed by atoms with Gasteiger partial charge in [-0.3, -0.25) is 0 Å². The van der Waals surface area contributed by atoms with Crippen LogP contribution >= 0.6 is 15.9 Å². The quantitative estimate of drug-likeness (QED) is 0.892. The number of halogens is 2. The highest BCUT2D eigenvalue weighted by molar-refractivity contribution is 9.10. The molecule has 2 rings (SSSR count). The van der Waals surface area contributed by atoms with E-state index in [1.807, 2.05) is 6.92 Å². The number of hydrogen-bond donors (Lipinski definition) is 2. The molecule has 0 atom stereocenters. The Morgan fingerprint density at radius 3 is 2.60 bits per heavy atom. The van der Waals surface area contributed by atoms with E-state index in [1.165, 1.54) is 19.5 Å². The number of anilines is 3. The number of methoxy groups -OCH3 is 1. The van der Waals surface area contributed by atoms with E-state index in [0.717, 1.165) is 5.56 Å². The van der Waals surface area contributed by atoms with Crippen LogP contribution in [0.25, 0.3) is 0 Å². The fraction of sp³-hybridized carbons (Fsp3) is 0.231. The van der Waals surface area contributed by atoms with Crippen LogP contribution < -0.4 is 15.4 Å². The molecular weight excluding hydrogens is 327 g/mol. The Morgan fingerprint density at radius 2 is 1.95 bits per heavy atom. The molecule has 0 aliphatic carbocycles. The molecule has 0 saturated heterocycles. The molecule has 106 valence electrons. The summed E-state index contributed by atoms with van der Waals surface area (Å²) in [7, 11) is 3.26. The number of nitrogens with one attached hydrogen (secondary N) is 2. The molecule has 0 aliphatic heterocycles. The summed E-state index contributed by atoms with van der Waals surface area (Å²) >= 11 is 3.15. The zero-order chi connectivity index (χ0) is 14.7. The largest absolute Gasteiger partial charge is 0.490 e. The third-order valence-electron chi connectivity index (χ3n) is 2.77. The van der Waals surface area contributed by atoms with E-state index in [2.05, 4.69) is 36.5 Å². The van der Waals surface area contributed by atoms with Crippen LogP contribution in [0.5, 0.6) is 5.75 Å². The van der Waals surface area contributed by atoms with Gasteiger partial charge in [-0.05, 0) is 40.5 Å². The number of aryl methyl sites for hydroxylation is 1. The number of ether oxygens (including phenoxy) is 1. The van der Waals surface area contributed by atoms with Crippen molar-refractivity contribution in [3.63, 3.8) is 0 Å². The maximum Gasteiger partial charge on any atom is 0.204 e. The lowest BCUT2D eigenvalue weighted by molar-refractivity contribution is 0.415. The lowest BCUT2D eigenvalue weighted by atomic mass is 10.2. The molecule has 0 aliphatic rings. The minimum Gasteiger partial charge on any atom is -0.490 e. The number of rotatable bonds is 4. The zero-order valence-electron chi connectivity index (χ0n) is 11.3. The average molecular weight is 341 g/mol. The molecule has 1 aromatic heterocycles. The van der Waals surface area contributed by atoms with E-state index in [-0.39, 0.29) is 5.82 Å². The second-order valence-corrected chi connectivity index (χ2v) is 4.91. The van der Waals surface area contributed by atoms with Gasteiger partial charge in [-0.1, -0.05) is 0 Å². The summed E-state index contributed by atoms with van der Waals surface area (Å²) in [4.78, 5) is 8.18. The Hall–Kier alpha value is -1.89. The predicted molar refractivity (Wildman–Crippen MR) is 80.3 cm³/mol. The van der Waals surface area contributed by atoms with Gasteiger partial charge in [-0.15, -0.1) is 0 Å². The van der Waals surface area contributed by atoms with E-state index in [9.17, 15) is 4.39 Å². The van der Waals surface area contributed by atoms with Gasteiger partial charge in [0.05, 0.1) is 11.6 Å². The number of benzene rings is 1. The molecule has 0 radical (unpaired) electrons. The van der Waals surface area contributed by atoms with E-state index < -0.39 is 0 Å². The van der Waals surface area contributed by atoms with Gasteiger partial charge in [-0.2, -0.15) is 0 Å². The minimum absolute atomic E-state index is 0.347. The fourth-order valence-corrected chi connectivity index (χ4v) is 2.20. The summed E-state index contributed by atoms with van der Waals surface area (Å²) in [6.07, 6.45) is 1.40. The molecule has 5 nitrogen and oxygen atoms in total. The van der Waals surface area contributed by atoms with E-state index in [1.54, 1.807) is 13.1 Å². The van der Waals surface area contributed by atoms with Gasteiger partial charge < -0.3 is 15.4 Å². The van der Waals surface area contributed by atoms with Crippen molar-refractivity contribution in [3.8, 4) is 5.75 Å². The lowest BCUT2D eigenvalue weighted by Crippen LogP contribution is -2.04. The summed E-state index contributed by atoms with van der Waals surface area (Å²) in [6, 6.07) is 3.10. The van der Waals surface area contributed by atoms with E-state index in [4.69, 9.17) is 4.74 Å². The van der Waals surface area contributed by atoms with E-state index >= 15 is 0 Å². The third-order valence-corrected chi connectivity index (χ3v) is 3.37. The minimum atomic E-state index is -0.347. The van der Waals surface area contributed by atoms with Crippen molar-refractivity contribution >= 4 is 33.3 Å². The summed E-state index contributed by atoms with van der Waals surface area (Å²) < 4.78 is 19.3. The summed E-state index contributed by atoms with van der Waals surface area (Å²) in [6.45, 7) is 1.87. The Labute approximate surface area is 124 Å². The molecule has 0 bridgehead atoms. The van der Waals surface area contributed by atoms with Crippen molar-refractivity contribution in [2.45, 2.75) is 6.92 Å². The molecule has 20 heavy (non-hydrogen) atoms. The summed E-state index contributed by atoms with van der Waals surface area (Å²) in [5, 5.41) is 5.97. The highest BCUT2D eigenvalue weighted by Gasteiger charge is 2.13. The Morgan fingerprint density at radius 1 is 1.25 bits per heavy atom. The Kier molecular flexibility index (Phi) is 4.39. The van der Waals surface area contributed by atoms with Crippen LogP contribution in [0.1, 0.15) is 5.56 Å². The van der Waals surface area contributed by atoms with Crippen molar-refractivity contribution in [1.29, 1.82) is 0 Å². The van der Waals surface area contributed by atoms with Gasteiger partial charge in [0.15, 0.2) is 11.6 Å². The summed E-state index contributed by atoms with van der Waals surface area (Å²) in [5.41, 5.74) is 1.50. The van der Waals surface area contributed by atoms with Gasteiger partial charge >= 0.3 is 0 Å². The molecule has 1 heterocycles. The van der Waals surface area contributed by atoms with Crippen LogP contribution in [0.3, 0.4) is 0 Å². The van der Waals surface area contributed by atoms with Crippen LogP contribution in [0.2, 0.25) is 0 Å². The van der Waals surface area contributed by atoms with Crippen molar-refractivity contribution in [2.24, 2.45) is 0 Å². The first-order chi connectivity index (χ1) is 9.56. The SMILES string of the molecule is CNc1ncnc(Nc2cc(F)c(Br)cc2C)c1OC. The maximum atomic E-state index is 13.6. The second-order valence-electron chi connectivity index (χ2n) is 4.06. The highest BCUT2D eigenvalue weighted by atomic mass is 79.9. The maximum absolute atomic E-state index is 13.6. The number of hydrogen-bond acceptors (Lipinski definition) is 5. The number of aromatic nitrogens is 2. The molecule has 2 N–H and O–H groups in total. The molecule has 2 aromatic rings. The smallest absolute Gasteiger partial charge is 0.204 e. The molecule has 0 amide bonds. The third kappa shape index (κ3) is 2.82. The Bertz CT molecular complexity index is 636. The first-order valence-corrected chi connectivity index (χ1v) is 6.65. The van der Waals surface area contributed by atoms with Gasteiger partial charge in [-0.25, -0.2) is 14.4 Å². The number of nitrogens with zero attached hydrogens (tertiary/aromatic N) is 2. The average Bonchev–Trinajstić information content (AvgIpc) is 2.44.